The lowest BCUT2D eigenvalue weighted by atomic mass is 9.92. The van der Waals surface area contributed by atoms with E-state index in [0.29, 0.717) is 29.2 Å². The summed E-state index contributed by atoms with van der Waals surface area (Å²) in [7, 11) is 1.68. The number of carbonyl (C=O) groups excluding carboxylic acids is 2. The Labute approximate surface area is 143 Å². The van der Waals surface area contributed by atoms with Crippen molar-refractivity contribution in [1.29, 1.82) is 0 Å². The highest BCUT2D eigenvalue weighted by atomic mass is 35.5. The number of hydrogen-bond donors (Lipinski definition) is 2. The van der Waals surface area contributed by atoms with Gasteiger partial charge in [-0.25, -0.2) is 0 Å². The number of likely N-dealkylation sites (N-methyl/N-ethyl adjacent to an activating group) is 1. The minimum Gasteiger partial charge on any atom is -0.338 e. The largest absolute Gasteiger partial charge is 0.338 e. The van der Waals surface area contributed by atoms with Crippen LogP contribution >= 0.6 is 11.6 Å². The Morgan fingerprint density at radius 1 is 1.35 bits per heavy atom. The molecule has 3 N–H and O–H groups in total. The van der Waals surface area contributed by atoms with Crippen molar-refractivity contribution in [3.63, 3.8) is 0 Å². The number of anilines is 1. The summed E-state index contributed by atoms with van der Waals surface area (Å²) in [5, 5.41) is 3.16. The molecule has 0 radical (unpaired) electrons. The van der Waals surface area contributed by atoms with Crippen molar-refractivity contribution in [2.45, 2.75) is 40.2 Å². The van der Waals surface area contributed by atoms with Gasteiger partial charge in [-0.15, -0.1) is 0 Å². The molecule has 23 heavy (non-hydrogen) atoms. The number of nitrogens with one attached hydrogen (secondary N) is 1. The molecule has 2 amide bonds. The molecule has 0 spiro atoms. The van der Waals surface area contributed by atoms with Gasteiger partial charge in [-0.05, 0) is 30.5 Å². The van der Waals surface area contributed by atoms with Crippen LogP contribution in [0.25, 0.3) is 0 Å². The van der Waals surface area contributed by atoms with Crippen molar-refractivity contribution in [2.24, 2.45) is 11.1 Å². The zero-order valence-corrected chi connectivity index (χ0v) is 15.2. The third kappa shape index (κ3) is 5.84. The maximum absolute atomic E-state index is 12.5. The van der Waals surface area contributed by atoms with E-state index < -0.39 is 0 Å². The second-order valence-electron chi connectivity index (χ2n) is 6.98. The lowest BCUT2D eigenvalue weighted by molar-refractivity contribution is -0.117. The predicted molar refractivity (Wildman–Crippen MR) is 94.8 cm³/mol. The Balaban J connectivity index is 2.95. The Hall–Kier alpha value is -1.59. The van der Waals surface area contributed by atoms with Gasteiger partial charge in [0.1, 0.15) is 0 Å². The SMILES string of the molecule is CC(CN)N(C)C(=O)c1cc(NC(=O)CC(C)(C)C)ccc1Cl. The average molecular weight is 340 g/mol. The highest BCUT2D eigenvalue weighted by Gasteiger charge is 2.20. The number of nitrogens with two attached hydrogens (primary N) is 1. The number of carbonyl (C=O) groups is 2. The number of rotatable bonds is 5. The third-order valence-electron chi connectivity index (χ3n) is 3.49. The van der Waals surface area contributed by atoms with Crippen molar-refractivity contribution in [2.75, 3.05) is 18.9 Å². The van der Waals surface area contributed by atoms with Gasteiger partial charge in [0.15, 0.2) is 0 Å². The van der Waals surface area contributed by atoms with E-state index >= 15 is 0 Å². The summed E-state index contributed by atoms with van der Waals surface area (Å²) in [5.41, 5.74) is 6.40. The molecule has 0 aliphatic carbocycles. The monoisotopic (exact) mass is 339 g/mol. The second kappa shape index (κ2) is 7.79. The summed E-state index contributed by atoms with van der Waals surface area (Å²) in [6.45, 7) is 8.20. The fraction of sp³-hybridized carbons (Fsp3) is 0.529. The van der Waals surface area contributed by atoms with Crippen molar-refractivity contribution in [3.8, 4) is 0 Å². The zero-order valence-electron chi connectivity index (χ0n) is 14.4. The molecule has 6 heteroatoms. The molecule has 0 aliphatic heterocycles. The second-order valence-corrected chi connectivity index (χ2v) is 7.39. The van der Waals surface area contributed by atoms with Gasteiger partial charge in [-0.2, -0.15) is 0 Å². The van der Waals surface area contributed by atoms with Crippen LogP contribution in [0.4, 0.5) is 5.69 Å². The molecule has 0 saturated carbocycles. The van der Waals surface area contributed by atoms with Crippen molar-refractivity contribution in [3.05, 3.63) is 28.8 Å². The van der Waals surface area contributed by atoms with Crippen LogP contribution in [0, 0.1) is 5.41 Å². The minimum absolute atomic E-state index is 0.0955. The average Bonchev–Trinajstić information content (AvgIpc) is 2.44. The molecule has 1 atom stereocenters. The molecule has 5 nitrogen and oxygen atoms in total. The van der Waals surface area contributed by atoms with E-state index in [9.17, 15) is 9.59 Å². The molecule has 1 aromatic carbocycles. The molecule has 1 rings (SSSR count). The molecule has 0 saturated heterocycles. The number of nitrogens with zero attached hydrogens (tertiary/aromatic N) is 1. The highest BCUT2D eigenvalue weighted by Crippen LogP contribution is 2.24. The van der Waals surface area contributed by atoms with E-state index in [1.807, 2.05) is 27.7 Å². The van der Waals surface area contributed by atoms with Crippen LogP contribution in [-0.2, 0) is 4.79 Å². The van der Waals surface area contributed by atoms with Crippen LogP contribution in [0.3, 0.4) is 0 Å². The quantitative estimate of drug-likeness (QED) is 0.865. The first-order valence-corrected chi connectivity index (χ1v) is 7.99. The van der Waals surface area contributed by atoms with Gasteiger partial charge in [0, 0.05) is 31.7 Å². The number of amides is 2. The normalized spacial score (nSPS) is 12.7. The zero-order chi connectivity index (χ0) is 17.8. The van der Waals surface area contributed by atoms with Gasteiger partial charge >= 0.3 is 0 Å². The smallest absolute Gasteiger partial charge is 0.255 e. The molecule has 128 valence electrons. The van der Waals surface area contributed by atoms with Crippen LogP contribution in [0.5, 0.6) is 0 Å². The van der Waals surface area contributed by atoms with Crippen LogP contribution in [-0.4, -0.2) is 36.3 Å². The van der Waals surface area contributed by atoms with Crippen molar-refractivity contribution in [1.82, 2.24) is 4.90 Å². The maximum Gasteiger partial charge on any atom is 0.255 e. The van der Waals surface area contributed by atoms with Crippen LogP contribution in [0.15, 0.2) is 18.2 Å². The first kappa shape index (κ1) is 19.5. The number of benzene rings is 1. The van der Waals surface area contributed by atoms with Crippen molar-refractivity contribution >= 4 is 29.1 Å². The summed E-state index contributed by atoms with van der Waals surface area (Å²) in [4.78, 5) is 26.1. The van der Waals surface area contributed by atoms with Gasteiger partial charge < -0.3 is 16.0 Å². The van der Waals surface area contributed by atoms with E-state index in [0.717, 1.165) is 0 Å². The van der Waals surface area contributed by atoms with E-state index in [1.165, 1.54) is 0 Å². The van der Waals surface area contributed by atoms with Gasteiger partial charge in [0.05, 0.1) is 10.6 Å². The fourth-order valence-corrected chi connectivity index (χ4v) is 2.20. The number of halogens is 1. The Morgan fingerprint density at radius 2 is 1.96 bits per heavy atom. The van der Waals surface area contributed by atoms with Gasteiger partial charge in [-0.3, -0.25) is 9.59 Å². The third-order valence-corrected chi connectivity index (χ3v) is 3.82. The molecular formula is C17H26ClN3O2. The summed E-state index contributed by atoms with van der Waals surface area (Å²) in [6.07, 6.45) is 0.392. The van der Waals surface area contributed by atoms with E-state index in [1.54, 1.807) is 30.1 Å². The predicted octanol–water partition coefficient (Wildman–Crippen LogP) is 3.13. The molecule has 0 fully saturated rings. The summed E-state index contributed by atoms with van der Waals surface area (Å²) in [6, 6.07) is 4.80. The van der Waals surface area contributed by atoms with Crippen LogP contribution in [0.1, 0.15) is 44.5 Å². The minimum atomic E-state index is -0.222. The van der Waals surface area contributed by atoms with Crippen molar-refractivity contribution < 1.29 is 9.59 Å². The van der Waals surface area contributed by atoms with Gasteiger partial charge in [-0.1, -0.05) is 32.4 Å². The van der Waals surface area contributed by atoms with E-state index in [4.69, 9.17) is 17.3 Å². The maximum atomic E-state index is 12.5. The van der Waals surface area contributed by atoms with Crippen LogP contribution in [0.2, 0.25) is 5.02 Å². The highest BCUT2D eigenvalue weighted by molar-refractivity contribution is 6.34. The molecule has 0 bridgehead atoms. The van der Waals surface area contributed by atoms with Crippen LogP contribution < -0.4 is 11.1 Å². The fourth-order valence-electron chi connectivity index (χ4n) is 2.00. The Morgan fingerprint density at radius 3 is 2.48 bits per heavy atom. The Bertz CT molecular complexity index is 582. The topological polar surface area (TPSA) is 75.4 Å². The Kier molecular flexibility index (Phi) is 6.59. The molecule has 0 aliphatic rings. The molecular weight excluding hydrogens is 314 g/mol. The molecule has 0 heterocycles. The van der Waals surface area contributed by atoms with E-state index in [-0.39, 0.29) is 23.3 Å². The standard InChI is InChI=1S/C17H26ClN3O2/c1-11(10-19)21(5)16(23)13-8-12(6-7-14(13)18)20-15(22)9-17(2,3)4/h6-8,11H,9-10,19H2,1-5H3,(H,20,22). The lowest BCUT2D eigenvalue weighted by Crippen LogP contribution is -2.39. The summed E-state index contributed by atoms with van der Waals surface area (Å²) >= 11 is 6.13. The summed E-state index contributed by atoms with van der Waals surface area (Å²) < 4.78 is 0. The first-order chi connectivity index (χ1) is 10.5. The van der Waals surface area contributed by atoms with E-state index in [2.05, 4.69) is 5.32 Å². The first-order valence-electron chi connectivity index (χ1n) is 7.62. The molecule has 0 aromatic heterocycles. The number of hydrogen-bond acceptors (Lipinski definition) is 3. The van der Waals surface area contributed by atoms with Gasteiger partial charge in [0.25, 0.3) is 5.91 Å². The molecule has 1 unspecified atom stereocenters. The lowest BCUT2D eigenvalue weighted by Gasteiger charge is -2.24. The molecule has 1 aromatic rings. The van der Waals surface area contributed by atoms with Gasteiger partial charge in [0.2, 0.25) is 5.91 Å². The summed E-state index contributed by atoms with van der Waals surface area (Å²) in [5.74, 6) is -0.318.